The van der Waals surface area contributed by atoms with Crippen LogP contribution in [-0.2, 0) is 13.0 Å². The molecule has 21 heavy (non-hydrogen) atoms. The second kappa shape index (κ2) is 5.33. The lowest BCUT2D eigenvalue weighted by atomic mass is 9.98. The second-order valence-corrected chi connectivity index (χ2v) is 5.98. The summed E-state index contributed by atoms with van der Waals surface area (Å²) in [6, 6.07) is 6.53. The minimum absolute atomic E-state index is 0.766. The largest absolute Gasteiger partial charge is 0.384 e. The van der Waals surface area contributed by atoms with Crippen molar-refractivity contribution in [2.45, 2.75) is 19.4 Å². The van der Waals surface area contributed by atoms with Crippen LogP contribution in [0.5, 0.6) is 0 Å². The number of benzene rings is 1. The zero-order valence-electron chi connectivity index (χ0n) is 11.6. The highest BCUT2D eigenvalue weighted by molar-refractivity contribution is 7.07. The lowest BCUT2D eigenvalue weighted by Gasteiger charge is -2.21. The van der Waals surface area contributed by atoms with Gasteiger partial charge in [-0.25, -0.2) is 9.97 Å². The summed E-state index contributed by atoms with van der Waals surface area (Å²) in [4.78, 5) is 8.71. The van der Waals surface area contributed by atoms with Crippen LogP contribution in [-0.4, -0.2) is 21.1 Å². The van der Waals surface area contributed by atoms with Crippen molar-refractivity contribution in [2.75, 3.05) is 11.9 Å². The van der Waals surface area contributed by atoms with Gasteiger partial charge in [-0.2, -0.15) is 0 Å². The molecule has 3 heterocycles. The average Bonchev–Trinajstić information content (AvgIpc) is 3.19. The number of imidazole rings is 1. The van der Waals surface area contributed by atoms with Crippen molar-refractivity contribution in [3.05, 3.63) is 52.9 Å². The van der Waals surface area contributed by atoms with Crippen molar-refractivity contribution in [1.82, 2.24) is 14.5 Å². The molecule has 1 N–H and O–H groups in total. The van der Waals surface area contributed by atoms with Gasteiger partial charge in [-0.1, -0.05) is 18.2 Å². The Bertz CT molecular complexity index is 745. The fourth-order valence-corrected chi connectivity index (χ4v) is 3.43. The van der Waals surface area contributed by atoms with Crippen LogP contribution in [0.4, 0.5) is 5.69 Å². The number of hydrogen-bond acceptors (Lipinski definition) is 4. The molecule has 0 unspecified atom stereocenters. The van der Waals surface area contributed by atoms with Crippen LogP contribution >= 0.6 is 11.3 Å². The molecule has 1 aliphatic heterocycles. The molecule has 106 valence electrons. The van der Waals surface area contributed by atoms with Gasteiger partial charge in [-0.3, -0.25) is 0 Å². The molecule has 0 saturated heterocycles. The van der Waals surface area contributed by atoms with Crippen molar-refractivity contribution in [2.24, 2.45) is 0 Å². The first-order valence-corrected chi connectivity index (χ1v) is 8.09. The molecule has 4 nitrogen and oxygen atoms in total. The van der Waals surface area contributed by atoms with E-state index in [4.69, 9.17) is 0 Å². The summed E-state index contributed by atoms with van der Waals surface area (Å²) in [5.41, 5.74) is 8.01. The molecular formula is C16H16N4S. The first-order valence-electron chi connectivity index (χ1n) is 7.15. The number of para-hydroxylation sites is 1. The van der Waals surface area contributed by atoms with Gasteiger partial charge in [-0.05, 0) is 18.4 Å². The Labute approximate surface area is 127 Å². The summed E-state index contributed by atoms with van der Waals surface area (Å²) in [5, 5.41) is 5.64. The van der Waals surface area contributed by atoms with Crippen molar-refractivity contribution >= 4 is 17.0 Å². The Morgan fingerprint density at radius 3 is 3.24 bits per heavy atom. The SMILES string of the molecule is c1cc2c(c(-c3cncn3Cc3cscn3)c1)NCCC2. The van der Waals surface area contributed by atoms with E-state index in [1.54, 1.807) is 11.3 Å². The third kappa shape index (κ3) is 2.34. The van der Waals surface area contributed by atoms with Crippen LogP contribution in [0.25, 0.3) is 11.3 Å². The molecule has 0 aliphatic carbocycles. The van der Waals surface area contributed by atoms with Crippen molar-refractivity contribution in [3.8, 4) is 11.3 Å². The second-order valence-electron chi connectivity index (χ2n) is 5.26. The molecular weight excluding hydrogens is 280 g/mol. The lowest BCUT2D eigenvalue weighted by molar-refractivity contribution is 0.784. The predicted molar refractivity (Wildman–Crippen MR) is 85.7 cm³/mol. The number of fused-ring (bicyclic) bond motifs is 1. The number of hydrogen-bond donors (Lipinski definition) is 1. The lowest BCUT2D eigenvalue weighted by Crippen LogP contribution is -2.13. The van der Waals surface area contributed by atoms with Crippen LogP contribution in [0, 0.1) is 0 Å². The first-order chi connectivity index (χ1) is 10.4. The highest BCUT2D eigenvalue weighted by atomic mass is 32.1. The van der Waals surface area contributed by atoms with Crippen molar-refractivity contribution in [1.29, 1.82) is 0 Å². The van der Waals surface area contributed by atoms with E-state index < -0.39 is 0 Å². The number of aryl methyl sites for hydroxylation is 1. The molecule has 5 heteroatoms. The molecule has 2 aromatic heterocycles. The van der Waals surface area contributed by atoms with Gasteiger partial charge >= 0.3 is 0 Å². The van der Waals surface area contributed by atoms with Crippen molar-refractivity contribution in [3.63, 3.8) is 0 Å². The molecule has 0 fully saturated rings. The Hall–Kier alpha value is -2.14. The fraction of sp³-hybridized carbons (Fsp3) is 0.250. The maximum atomic E-state index is 4.37. The molecule has 0 bridgehead atoms. The Morgan fingerprint density at radius 2 is 2.33 bits per heavy atom. The topological polar surface area (TPSA) is 42.7 Å². The molecule has 1 aliphatic rings. The molecule has 0 amide bonds. The van der Waals surface area contributed by atoms with E-state index in [2.05, 4.69) is 43.4 Å². The van der Waals surface area contributed by atoms with Gasteiger partial charge in [0, 0.05) is 23.2 Å². The zero-order chi connectivity index (χ0) is 14.1. The Balaban J connectivity index is 1.76. The minimum Gasteiger partial charge on any atom is -0.384 e. The van der Waals surface area contributed by atoms with E-state index in [1.165, 1.54) is 23.2 Å². The number of nitrogens with zero attached hydrogens (tertiary/aromatic N) is 3. The van der Waals surface area contributed by atoms with E-state index in [0.29, 0.717) is 0 Å². The predicted octanol–water partition coefficient (Wildman–Crippen LogP) is 3.41. The van der Waals surface area contributed by atoms with E-state index in [0.717, 1.165) is 30.9 Å². The molecule has 0 atom stereocenters. The normalized spacial score (nSPS) is 13.7. The van der Waals surface area contributed by atoms with Crippen LogP contribution in [0.3, 0.4) is 0 Å². The van der Waals surface area contributed by atoms with Crippen LogP contribution in [0.15, 0.2) is 41.6 Å². The molecule has 0 saturated carbocycles. The first kappa shape index (κ1) is 12.6. The van der Waals surface area contributed by atoms with Gasteiger partial charge in [0.1, 0.15) is 0 Å². The van der Waals surface area contributed by atoms with Gasteiger partial charge in [0.15, 0.2) is 0 Å². The zero-order valence-corrected chi connectivity index (χ0v) is 12.4. The van der Waals surface area contributed by atoms with Gasteiger partial charge in [0.05, 0.1) is 36.0 Å². The van der Waals surface area contributed by atoms with E-state index >= 15 is 0 Å². The summed E-state index contributed by atoms with van der Waals surface area (Å²) in [5.74, 6) is 0. The van der Waals surface area contributed by atoms with E-state index in [9.17, 15) is 0 Å². The third-order valence-electron chi connectivity index (χ3n) is 3.88. The third-order valence-corrected chi connectivity index (χ3v) is 4.51. The fourth-order valence-electron chi connectivity index (χ4n) is 2.88. The Kier molecular flexibility index (Phi) is 3.20. The smallest absolute Gasteiger partial charge is 0.0954 e. The van der Waals surface area contributed by atoms with Gasteiger partial charge in [0.2, 0.25) is 0 Å². The summed E-state index contributed by atoms with van der Waals surface area (Å²) < 4.78 is 2.17. The Morgan fingerprint density at radius 1 is 1.33 bits per heavy atom. The molecule has 1 aromatic carbocycles. The summed E-state index contributed by atoms with van der Waals surface area (Å²) in [6.45, 7) is 1.81. The van der Waals surface area contributed by atoms with Crippen LogP contribution in [0.2, 0.25) is 0 Å². The van der Waals surface area contributed by atoms with Gasteiger partial charge < -0.3 is 9.88 Å². The number of anilines is 1. The minimum atomic E-state index is 0.766. The van der Waals surface area contributed by atoms with E-state index in [1.807, 2.05) is 18.0 Å². The maximum Gasteiger partial charge on any atom is 0.0954 e. The number of nitrogens with one attached hydrogen (secondary N) is 1. The molecule has 3 aromatic rings. The molecule has 4 rings (SSSR count). The number of thiazole rings is 1. The highest BCUT2D eigenvalue weighted by Crippen LogP contribution is 2.33. The highest BCUT2D eigenvalue weighted by Gasteiger charge is 2.16. The van der Waals surface area contributed by atoms with Gasteiger partial charge in [0.25, 0.3) is 0 Å². The van der Waals surface area contributed by atoms with Gasteiger partial charge in [-0.15, -0.1) is 11.3 Å². The molecule has 0 radical (unpaired) electrons. The quantitative estimate of drug-likeness (QED) is 0.805. The molecule has 0 spiro atoms. The van der Waals surface area contributed by atoms with Crippen molar-refractivity contribution < 1.29 is 0 Å². The number of rotatable bonds is 3. The summed E-state index contributed by atoms with van der Waals surface area (Å²) in [6.07, 6.45) is 6.18. The van der Waals surface area contributed by atoms with Crippen LogP contribution < -0.4 is 5.32 Å². The van der Waals surface area contributed by atoms with Crippen LogP contribution in [0.1, 0.15) is 17.7 Å². The summed E-state index contributed by atoms with van der Waals surface area (Å²) in [7, 11) is 0. The summed E-state index contributed by atoms with van der Waals surface area (Å²) >= 11 is 1.63. The standard InChI is InChI=1S/C16H16N4S/c1-3-12-4-2-6-18-16(12)14(5-1)15-7-17-10-20(15)8-13-9-21-11-19-13/h1,3,5,7,9-11,18H,2,4,6,8H2. The number of aromatic nitrogens is 3. The van der Waals surface area contributed by atoms with E-state index in [-0.39, 0.29) is 0 Å². The monoisotopic (exact) mass is 296 g/mol. The average molecular weight is 296 g/mol. The maximum absolute atomic E-state index is 4.37.